The lowest BCUT2D eigenvalue weighted by atomic mass is 10.2. The quantitative estimate of drug-likeness (QED) is 0.880. The van der Waals surface area contributed by atoms with Crippen LogP contribution in [0.15, 0.2) is 12.1 Å². The van der Waals surface area contributed by atoms with Crippen LogP contribution in [0.25, 0.3) is 11.0 Å². The van der Waals surface area contributed by atoms with Crippen molar-refractivity contribution in [3.63, 3.8) is 0 Å². The molecule has 1 aliphatic heterocycles. The molecule has 0 aliphatic carbocycles. The zero-order valence-electron chi connectivity index (χ0n) is 13.2. The highest BCUT2D eigenvalue weighted by Gasteiger charge is 2.17. The Morgan fingerprint density at radius 3 is 2.68 bits per heavy atom. The van der Waals surface area contributed by atoms with E-state index in [4.69, 9.17) is 24.9 Å². The molecule has 22 heavy (non-hydrogen) atoms. The smallest absolute Gasteiger partial charge is 0.163 e. The minimum atomic E-state index is 0.220. The molecule has 0 radical (unpaired) electrons. The van der Waals surface area contributed by atoms with Crippen LogP contribution in [-0.4, -0.2) is 42.0 Å². The van der Waals surface area contributed by atoms with Gasteiger partial charge in [-0.25, -0.2) is 4.98 Å². The lowest BCUT2D eigenvalue weighted by molar-refractivity contribution is 0.0729. The third kappa shape index (κ3) is 3.03. The first-order valence-electron chi connectivity index (χ1n) is 7.79. The summed E-state index contributed by atoms with van der Waals surface area (Å²) in [5.41, 5.74) is 7.67. The third-order valence-corrected chi connectivity index (χ3v) is 3.63. The van der Waals surface area contributed by atoms with Gasteiger partial charge in [-0.15, -0.1) is 0 Å². The van der Waals surface area contributed by atoms with Crippen LogP contribution in [0.3, 0.4) is 0 Å². The fourth-order valence-corrected chi connectivity index (χ4v) is 2.66. The van der Waals surface area contributed by atoms with Gasteiger partial charge in [-0.3, -0.25) is 0 Å². The molecule has 0 atom stereocenters. The Morgan fingerprint density at radius 1 is 1.27 bits per heavy atom. The van der Waals surface area contributed by atoms with E-state index in [0.717, 1.165) is 41.3 Å². The molecule has 3 rings (SSSR count). The van der Waals surface area contributed by atoms with Crippen LogP contribution in [0.4, 0.5) is 0 Å². The first kappa shape index (κ1) is 15.1. The minimum absolute atomic E-state index is 0.220. The fraction of sp³-hybridized carbons (Fsp3) is 0.562. The van der Waals surface area contributed by atoms with E-state index in [9.17, 15) is 0 Å². The highest BCUT2D eigenvalue weighted by Crippen LogP contribution is 2.34. The van der Waals surface area contributed by atoms with Gasteiger partial charge in [0, 0.05) is 25.1 Å². The monoisotopic (exact) mass is 305 g/mol. The van der Waals surface area contributed by atoms with Gasteiger partial charge in [-0.1, -0.05) is 0 Å². The number of rotatable bonds is 6. The zero-order valence-corrected chi connectivity index (χ0v) is 13.2. The largest absolute Gasteiger partial charge is 0.486 e. The number of aromatic nitrogens is 2. The van der Waals surface area contributed by atoms with Crippen LogP contribution in [0.1, 0.15) is 19.7 Å². The standard InChI is InChI=1S/C16H23N3O3/c1-11(2)20-6-5-19-13-10-15-14(21-7-8-22-15)9-12(13)18-16(19)3-4-17/h9-11H,3-8,17H2,1-2H3. The lowest BCUT2D eigenvalue weighted by Crippen LogP contribution is -2.16. The Morgan fingerprint density at radius 2 is 2.00 bits per heavy atom. The van der Waals surface area contributed by atoms with E-state index < -0.39 is 0 Å². The van der Waals surface area contributed by atoms with E-state index in [-0.39, 0.29) is 6.10 Å². The number of nitrogens with two attached hydrogens (primary N) is 1. The molecule has 0 spiro atoms. The van der Waals surface area contributed by atoms with Gasteiger partial charge < -0.3 is 24.5 Å². The van der Waals surface area contributed by atoms with Gasteiger partial charge in [0.15, 0.2) is 11.5 Å². The topological polar surface area (TPSA) is 71.5 Å². The predicted molar refractivity (Wildman–Crippen MR) is 84.6 cm³/mol. The Bertz CT molecular complexity index is 652. The normalized spacial score (nSPS) is 14.0. The highest BCUT2D eigenvalue weighted by atomic mass is 16.6. The van der Waals surface area contributed by atoms with Crippen molar-refractivity contribution in [1.82, 2.24) is 9.55 Å². The number of fused-ring (bicyclic) bond motifs is 2. The molecular weight excluding hydrogens is 282 g/mol. The molecule has 1 aromatic heterocycles. The summed E-state index contributed by atoms with van der Waals surface area (Å²) in [7, 11) is 0. The van der Waals surface area contributed by atoms with Crippen molar-refractivity contribution in [2.75, 3.05) is 26.4 Å². The average Bonchev–Trinajstić information content (AvgIpc) is 2.82. The molecule has 0 bridgehead atoms. The van der Waals surface area contributed by atoms with Gasteiger partial charge in [0.2, 0.25) is 0 Å². The van der Waals surface area contributed by atoms with Crippen molar-refractivity contribution >= 4 is 11.0 Å². The van der Waals surface area contributed by atoms with Crippen molar-refractivity contribution in [3.05, 3.63) is 18.0 Å². The summed E-state index contributed by atoms with van der Waals surface area (Å²) in [5.74, 6) is 2.53. The van der Waals surface area contributed by atoms with Crippen LogP contribution in [-0.2, 0) is 17.7 Å². The molecule has 0 amide bonds. The van der Waals surface area contributed by atoms with Crippen LogP contribution in [0.2, 0.25) is 0 Å². The summed E-state index contributed by atoms with van der Waals surface area (Å²) in [6.07, 6.45) is 0.958. The Labute approximate surface area is 130 Å². The Hall–Kier alpha value is -1.79. The SMILES string of the molecule is CC(C)OCCn1c(CCN)nc2cc3c(cc21)OCCO3. The molecule has 1 aromatic carbocycles. The molecule has 6 nitrogen and oxygen atoms in total. The number of hydrogen-bond donors (Lipinski definition) is 1. The van der Waals surface area contributed by atoms with E-state index in [2.05, 4.69) is 4.57 Å². The molecular formula is C16H23N3O3. The molecule has 0 unspecified atom stereocenters. The number of hydrogen-bond acceptors (Lipinski definition) is 5. The first-order chi connectivity index (χ1) is 10.7. The Balaban J connectivity index is 1.96. The van der Waals surface area contributed by atoms with Crippen LogP contribution in [0.5, 0.6) is 11.5 Å². The van der Waals surface area contributed by atoms with Crippen LogP contribution in [0, 0.1) is 0 Å². The molecule has 120 valence electrons. The van der Waals surface area contributed by atoms with Crippen LogP contribution < -0.4 is 15.2 Å². The molecule has 2 N–H and O–H groups in total. The van der Waals surface area contributed by atoms with E-state index in [1.165, 1.54) is 0 Å². The molecule has 0 fully saturated rings. The summed E-state index contributed by atoms with van der Waals surface area (Å²) < 4.78 is 19.1. The summed E-state index contributed by atoms with van der Waals surface area (Å²) in [6.45, 7) is 7.21. The Kier molecular flexibility index (Phi) is 4.49. The molecule has 2 aromatic rings. The van der Waals surface area contributed by atoms with Crippen molar-refractivity contribution < 1.29 is 14.2 Å². The van der Waals surface area contributed by atoms with E-state index in [1.807, 2.05) is 26.0 Å². The van der Waals surface area contributed by atoms with Gasteiger partial charge in [0.25, 0.3) is 0 Å². The molecule has 6 heteroatoms. The van der Waals surface area contributed by atoms with Gasteiger partial charge >= 0.3 is 0 Å². The van der Waals surface area contributed by atoms with Gasteiger partial charge in [-0.2, -0.15) is 0 Å². The maximum absolute atomic E-state index is 5.72. The maximum atomic E-state index is 5.72. The van der Waals surface area contributed by atoms with Gasteiger partial charge in [-0.05, 0) is 20.4 Å². The van der Waals surface area contributed by atoms with E-state index in [1.54, 1.807) is 0 Å². The van der Waals surface area contributed by atoms with Crippen molar-refractivity contribution in [3.8, 4) is 11.5 Å². The minimum Gasteiger partial charge on any atom is -0.486 e. The fourth-order valence-electron chi connectivity index (χ4n) is 2.66. The second-order valence-electron chi connectivity index (χ2n) is 5.62. The molecule has 0 saturated heterocycles. The van der Waals surface area contributed by atoms with Gasteiger partial charge in [0.05, 0.1) is 23.7 Å². The average molecular weight is 305 g/mol. The summed E-state index contributed by atoms with van der Waals surface area (Å²) in [6, 6.07) is 3.95. The highest BCUT2D eigenvalue weighted by molar-refractivity contribution is 5.80. The van der Waals surface area contributed by atoms with Gasteiger partial charge in [0.1, 0.15) is 19.0 Å². The first-order valence-corrected chi connectivity index (χ1v) is 7.79. The van der Waals surface area contributed by atoms with Crippen molar-refractivity contribution in [2.45, 2.75) is 32.9 Å². The third-order valence-electron chi connectivity index (χ3n) is 3.63. The zero-order chi connectivity index (χ0) is 15.5. The maximum Gasteiger partial charge on any atom is 0.163 e. The number of imidazole rings is 1. The molecule has 2 heterocycles. The summed E-state index contributed by atoms with van der Waals surface area (Å²) >= 11 is 0. The number of nitrogens with zero attached hydrogens (tertiary/aromatic N) is 2. The van der Waals surface area contributed by atoms with E-state index in [0.29, 0.717) is 26.4 Å². The van der Waals surface area contributed by atoms with Crippen LogP contribution >= 0.6 is 0 Å². The number of ether oxygens (including phenoxy) is 3. The second kappa shape index (κ2) is 6.54. The molecule has 1 aliphatic rings. The number of benzene rings is 1. The van der Waals surface area contributed by atoms with Crippen molar-refractivity contribution in [2.24, 2.45) is 5.73 Å². The summed E-state index contributed by atoms with van der Waals surface area (Å²) in [4.78, 5) is 4.70. The van der Waals surface area contributed by atoms with Crippen molar-refractivity contribution in [1.29, 1.82) is 0 Å². The van der Waals surface area contributed by atoms with E-state index >= 15 is 0 Å². The summed E-state index contributed by atoms with van der Waals surface area (Å²) in [5, 5.41) is 0. The molecule has 0 saturated carbocycles. The predicted octanol–water partition coefficient (Wildman–Crippen LogP) is 1.73. The second-order valence-corrected chi connectivity index (χ2v) is 5.62. The lowest BCUT2D eigenvalue weighted by Gasteiger charge is -2.18.